The summed E-state index contributed by atoms with van der Waals surface area (Å²) in [5.74, 6) is 0.474. The van der Waals surface area contributed by atoms with Gasteiger partial charge in [0.25, 0.3) is 5.91 Å². The molecule has 110 valence electrons. The maximum atomic E-state index is 11.9. The molecule has 0 saturated carbocycles. The molecule has 0 aliphatic heterocycles. The number of nitrogens with one attached hydrogen (secondary N) is 1. The molecule has 0 bridgehead atoms. The molecule has 1 N–H and O–H groups in total. The van der Waals surface area contributed by atoms with E-state index < -0.39 is 4.92 Å². The third-order valence-corrected chi connectivity index (χ3v) is 3.90. The SMILES string of the molecule is COc1ccccc1CCNC(=O)c1ccc([N+](=O)[O-])s1. The van der Waals surface area contributed by atoms with E-state index in [0.717, 1.165) is 22.6 Å². The largest absolute Gasteiger partial charge is 0.496 e. The summed E-state index contributed by atoms with van der Waals surface area (Å²) in [4.78, 5) is 22.3. The second-order valence-electron chi connectivity index (χ2n) is 4.21. The van der Waals surface area contributed by atoms with Gasteiger partial charge < -0.3 is 10.1 Å². The number of hydrogen-bond donors (Lipinski definition) is 1. The number of thiophene rings is 1. The molecule has 1 aromatic carbocycles. The number of methoxy groups -OCH3 is 1. The van der Waals surface area contributed by atoms with Crippen molar-refractivity contribution in [3.63, 3.8) is 0 Å². The number of hydrogen-bond acceptors (Lipinski definition) is 5. The van der Waals surface area contributed by atoms with Crippen LogP contribution in [0.15, 0.2) is 36.4 Å². The van der Waals surface area contributed by atoms with Crippen LogP contribution in [0.3, 0.4) is 0 Å². The van der Waals surface area contributed by atoms with E-state index in [-0.39, 0.29) is 10.9 Å². The van der Waals surface area contributed by atoms with Gasteiger partial charge in [-0.2, -0.15) is 0 Å². The average Bonchev–Trinajstić information content (AvgIpc) is 2.98. The summed E-state index contributed by atoms with van der Waals surface area (Å²) >= 11 is 0.867. The molecule has 0 unspecified atom stereocenters. The first kappa shape index (κ1) is 15.0. The van der Waals surface area contributed by atoms with Gasteiger partial charge in [-0.1, -0.05) is 29.5 Å². The topological polar surface area (TPSA) is 81.5 Å². The molecule has 0 spiro atoms. The van der Waals surface area contributed by atoms with Crippen LogP contribution >= 0.6 is 11.3 Å². The van der Waals surface area contributed by atoms with Crippen LogP contribution in [-0.2, 0) is 6.42 Å². The second kappa shape index (κ2) is 6.85. The van der Waals surface area contributed by atoms with Crippen LogP contribution in [0.2, 0.25) is 0 Å². The first-order valence-electron chi connectivity index (χ1n) is 6.26. The van der Waals surface area contributed by atoms with E-state index in [1.54, 1.807) is 7.11 Å². The Kier molecular flexibility index (Phi) is 4.89. The standard InChI is InChI=1S/C14H14N2O4S/c1-20-11-5-3-2-4-10(11)8-9-15-14(17)12-6-7-13(21-12)16(18)19/h2-7H,8-9H2,1H3,(H,15,17). The quantitative estimate of drug-likeness (QED) is 0.657. The van der Waals surface area contributed by atoms with Crippen molar-refractivity contribution in [2.24, 2.45) is 0 Å². The lowest BCUT2D eigenvalue weighted by atomic mass is 10.1. The summed E-state index contributed by atoms with van der Waals surface area (Å²) in [6.45, 7) is 0.435. The molecule has 0 aliphatic rings. The first-order chi connectivity index (χ1) is 10.1. The van der Waals surface area contributed by atoms with Gasteiger partial charge in [0.05, 0.1) is 16.9 Å². The van der Waals surface area contributed by atoms with E-state index >= 15 is 0 Å². The van der Waals surface area contributed by atoms with Gasteiger partial charge in [-0.15, -0.1) is 0 Å². The Morgan fingerprint density at radius 1 is 1.33 bits per heavy atom. The Balaban J connectivity index is 1.90. The van der Waals surface area contributed by atoms with E-state index in [1.165, 1.54) is 12.1 Å². The van der Waals surface area contributed by atoms with Gasteiger partial charge in [-0.25, -0.2) is 0 Å². The van der Waals surface area contributed by atoms with E-state index in [0.29, 0.717) is 17.8 Å². The minimum absolute atomic E-state index is 0.0371. The Labute approximate surface area is 125 Å². The van der Waals surface area contributed by atoms with Gasteiger partial charge in [-0.3, -0.25) is 14.9 Å². The number of nitro groups is 1. The predicted octanol–water partition coefficient (Wildman–Crippen LogP) is 2.64. The maximum Gasteiger partial charge on any atom is 0.324 e. The highest BCUT2D eigenvalue weighted by atomic mass is 32.1. The van der Waals surface area contributed by atoms with Crippen molar-refractivity contribution in [1.29, 1.82) is 0 Å². The summed E-state index contributed by atoms with van der Waals surface area (Å²) in [7, 11) is 1.60. The van der Waals surface area contributed by atoms with Crippen LogP contribution in [0.25, 0.3) is 0 Å². The minimum atomic E-state index is -0.504. The fourth-order valence-corrected chi connectivity index (χ4v) is 2.59. The highest BCUT2D eigenvalue weighted by molar-refractivity contribution is 7.17. The monoisotopic (exact) mass is 306 g/mol. The van der Waals surface area contributed by atoms with Crippen LogP contribution in [0.5, 0.6) is 5.75 Å². The Hall–Kier alpha value is -2.41. The van der Waals surface area contributed by atoms with E-state index in [4.69, 9.17) is 4.74 Å². The van der Waals surface area contributed by atoms with Gasteiger partial charge in [0.15, 0.2) is 0 Å². The molecule has 0 saturated heterocycles. The number of carbonyl (C=O) groups is 1. The third kappa shape index (κ3) is 3.79. The predicted molar refractivity (Wildman–Crippen MR) is 80.0 cm³/mol. The lowest BCUT2D eigenvalue weighted by molar-refractivity contribution is -0.380. The summed E-state index contributed by atoms with van der Waals surface area (Å²) < 4.78 is 5.23. The normalized spacial score (nSPS) is 10.1. The minimum Gasteiger partial charge on any atom is -0.496 e. The number of carbonyl (C=O) groups excluding carboxylic acids is 1. The lowest BCUT2D eigenvalue weighted by Gasteiger charge is -2.08. The molecular formula is C14H14N2O4S. The van der Waals surface area contributed by atoms with E-state index in [9.17, 15) is 14.9 Å². The van der Waals surface area contributed by atoms with Crippen LogP contribution in [0.4, 0.5) is 5.00 Å². The summed E-state index contributed by atoms with van der Waals surface area (Å²) in [6.07, 6.45) is 0.628. The van der Waals surface area contributed by atoms with Crippen molar-refractivity contribution in [3.05, 3.63) is 57.0 Å². The second-order valence-corrected chi connectivity index (χ2v) is 5.27. The van der Waals surface area contributed by atoms with Gasteiger partial charge in [0.1, 0.15) is 5.75 Å². The van der Waals surface area contributed by atoms with Crippen molar-refractivity contribution in [1.82, 2.24) is 5.32 Å². The molecule has 1 aromatic heterocycles. The molecule has 1 heterocycles. The number of amides is 1. The van der Waals surface area contributed by atoms with E-state index in [1.807, 2.05) is 24.3 Å². The lowest BCUT2D eigenvalue weighted by Crippen LogP contribution is -2.24. The number of para-hydroxylation sites is 1. The molecule has 1 amide bonds. The average molecular weight is 306 g/mol. The number of rotatable bonds is 6. The first-order valence-corrected chi connectivity index (χ1v) is 7.08. The number of benzene rings is 1. The fraction of sp³-hybridized carbons (Fsp3) is 0.214. The molecule has 7 heteroatoms. The summed E-state index contributed by atoms with van der Waals surface area (Å²) in [5, 5.41) is 13.3. The van der Waals surface area contributed by atoms with Crippen molar-refractivity contribution in [2.45, 2.75) is 6.42 Å². The van der Waals surface area contributed by atoms with Crippen LogP contribution in [-0.4, -0.2) is 24.5 Å². The van der Waals surface area contributed by atoms with Crippen molar-refractivity contribution in [2.75, 3.05) is 13.7 Å². The third-order valence-electron chi connectivity index (χ3n) is 2.87. The Morgan fingerprint density at radius 3 is 2.76 bits per heavy atom. The molecule has 2 rings (SSSR count). The molecule has 2 aromatic rings. The summed E-state index contributed by atoms with van der Waals surface area (Å²) in [6, 6.07) is 10.4. The van der Waals surface area contributed by atoms with E-state index in [2.05, 4.69) is 5.32 Å². The number of ether oxygens (including phenoxy) is 1. The molecule has 0 atom stereocenters. The smallest absolute Gasteiger partial charge is 0.324 e. The molecule has 0 aliphatic carbocycles. The van der Waals surface area contributed by atoms with Crippen LogP contribution < -0.4 is 10.1 Å². The molecule has 0 fully saturated rings. The Bertz CT molecular complexity index is 654. The van der Waals surface area contributed by atoms with Gasteiger partial charge in [-0.05, 0) is 24.1 Å². The molecule has 21 heavy (non-hydrogen) atoms. The highest BCUT2D eigenvalue weighted by Crippen LogP contribution is 2.23. The number of nitrogens with zero attached hydrogens (tertiary/aromatic N) is 1. The van der Waals surface area contributed by atoms with Crippen LogP contribution in [0, 0.1) is 10.1 Å². The van der Waals surface area contributed by atoms with Gasteiger partial charge in [0.2, 0.25) is 0 Å². The zero-order valence-corrected chi connectivity index (χ0v) is 12.2. The van der Waals surface area contributed by atoms with Crippen LogP contribution in [0.1, 0.15) is 15.2 Å². The van der Waals surface area contributed by atoms with Gasteiger partial charge >= 0.3 is 5.00 Å². The van der Waals surface area contributed by atoms with Crippen molar-refractivity contribution >= 4 is 22.2 Å². The highest BCUT2D eigenvalue weighted by Gasteiger charge is 2.14. The Morgan fingerprint density at radius 2 is 2.10 bits per heavy atom. The molecular weight excluding hydrogens is 292 g/mol. The van der Waals surface area contributed by atoms with Gasteiger partial charge in [0, 0.05) is 12.6 Å². The zero-order valence-electron chi connectivity index (χ0n) is 11.4. The summed E-state index contributed by atoms with van der Waals surface area (Å²) in [5.41, 5.74) is 0.998. The maximum absolute atomic E-state index is 11.9. The van der Waals surface area contributed by atoms with Crippen molar-refractivity contribution in [3.8, 4) is 5.75 Å². The zero-order chi connectivity index (χ0) is 15.2. The molecule has 6 nitrogen and oxygen atoms in total. The molecule has 0 radical (unpaired) electrons. The fourth-order valence-electron chi connectivity index (χ4n) is 1.86. The van der Waals surface area contributed by atoms with Crippen molar-refractivity contribution < 1.29 is 14.5 Å².